The van der Waals surface area contributed by atoms with Crippen LogP contribution in [-0.4, -0.2) is 29.7 Å². The molecule has 6 heteroatoms. The third-order valence-corrected chi connectivity index (χ3v) is 2.27. The molecule has 0 spiro atoms. The lowest BCUT2D eigenvalue weighted by molar-refractivity contribution is -0.135. The number of oxazole rings is 1. The number of aliphatic carboxylic acids is 1. The highest BCUT2D eigenvalue weighted by Gasteiger charge is 2.12. The fourth-order valence-electron chi connectivity index (χ4n) is 1.32. The first-order valence-corrected chi connectivity index (χ1v) is 4.93. The van der Waals surface area contributed by atoms with Crippen molar-refractivity contribution in [3.05, 3.63) is 23.2 Å². The van der Waals surface area contributed by atoms with Gasteiger partial charge in [0.2, 0.25) is 0 Å². The van der Waals surface area contributed by atoms with Gasteiger partial charge in [0.25, 0.3) is 6.01 Å². The summed E-state index contributed by atoms with van der Waals surface area (Å²) < 4.78 is 5.38. The highest BCUT2D eigenvalue weighted by Crippen LogP contribution is 2.23. The second kappa shape index (κ2) is 4.02. The molecule has 16 heavy (non-hydrogen) atoms. The number of carboxylic acids is 1. The topological polar surface area (TPSA) is 66.6 Å². The van der Waals surface area contributed by atoms with E-state index in [-0.39, 0.29) is 12.6 Å². The Balaban J connectivity index is 2.35. The molecule has 5 nitrogen and oxygen atoms in total. The predicted molar refractivity (Wildman–Crippen MR) is 59.9 cm³/mol. The normalized spacial score (nSPS) is 10.6. The van der Waals surface area contributed by atoms with Gasteiger partial charge in [-0.15, -0.1) is 0 Å². The maximum Gasteiger partial charge on any atom is 0.323 e. The average Bonchev–Trinajstić information content (AvgIpc) is 2.59. The number of benzene rings is 1. The van der Waals surface area contributed by atoms with Crippen molar-refractivity contribution in [3.63, 3.8) is 0 Å². The molecule has 0 bridgehead atoms. The van der Waals surface area contributed by atoms with Crippen LogP contribution in [-0.2, 0) is 4.79 Å². The molecular weight excluding hydrogens is 232 g/mol. The molecule has 0 saturated heterocycles. The van der Waals surface area contributed by atoms with Crippen LogP contribution in [0.4, 0.5) is 6.01 Å². The Kier molecular flexibility index (Phi) is 2.70. The highest BCUT2D eigenvalue weighted by molar-refractivity contribution is 6.31. The summed E-state index contributed by atoms with van der Waals surface area (Å²) in [7, 11) is 1.60. The van der Waals surface area contributed by atoms with Crippen molar-refractivity contribution in [2.45, 2.75) is 0 Å². The van der Waals surface area contributed by atoms with Crippen molar-refractivity contribution in [2.75, 3.05) is 18.5 Å². The summed E-state index contributed by atoms with van der Waals surface area (Å²) >= 11 is 5.80. The second-order valence-corrected chi connectivity index (χ2v) is 3.79. The van der Waals surface area contributed by atoms with E-state index in [4.69, 9.17) is 21.1 Å². The Morgan fingerprint density at radius 1 is 1.62 bits per heavy atom. The Bertz CT molecular complexity index is 538. The van der Waals surface area contributed by atoms with Crippen LogP contribution >= 0.6 is 11.6 Å². The molecule has 2 rings (SSSR count). The van der Waals surface area contributed by atoms with E-state index in [0.29, 0.717) is 16.1 Å². The summed E-state index contributed by atoms with van der Waals surface area (Å²) in [6, 6.07) is 5.33. The molecule has 0 aliphatic carbocycles. The maximum atomic E-state index is 10.5. The minimum Gasteiger partial charge on any atom is -0.480 e. The van der Waals surface area contributed by atoms with E-state index in [1.807, 2.05) is 0 Å². The van der Waals surface area contributed by atoms with Crippen molar-refractivity contribution < 1.29 is 14.3 Å². The molecule has 2 aromatic rings. The number of hydrogen-bond acceptors (Lipinski definition) is 4. The third-order valence-electron chi connectivity index (χ3n) is 2.04. The van der Waals surface area contributed by atoms with E-state index < -0.39 is 5.97 Å². The molecule has 1 aromatic heterocycles. The van der Waals surface area contributed by atoms with Gasteiger partial charge in [0, 0.05) is 18.1 Å². The Morgan fingerprint density at radius 2 is 2.38 bits per heavy atom. The summed E-state index contributed by atoms with van der Waals surface area (Å²) in [5, 5.41) is 9.18. The van der Waals surface area contributed by atoms with Crippen LogP contribution in [0.2, 0.25) is 5.02 Å². The summed E-state index contributed by atoms with van der Waals surface area (Å²) in [5.41, 5.74) is 1.19. The molecule has 0 fully saturated rings. The lowest BCUT2D eigenvalue weighted by Crippen LogP contribution is -2.25. The van der Waals surface area contributed by atoms with Gasteiger partial charge < -0.3 is 14.4 Å². The number of aromatic nitrogens is 1. The monoisotopic (exact) mass is 240 g/mol. The number of anilines is 1. The average molecular weight is 241 g/mol. The van der Waals surface area contributed by atoms with Gasteiger partial charge in [-0.2, -0.15) is 4.98 Å². The van der Waals surface area contributed by atoms with Crippen LogP contribution in [0.15, 0.2) is 22.6 Å². The number of nitrogens with zero attached hydrogens (tertiary/aromatic N) is 2. The van der Waals surface area contributed by atoms with E-state index in [0.717, 1.165) is 0 Å². The molecule has 0 unspecified atom stereocenters. The van der Waals surface area contributed by atoms with Crippen LogP contribution < -0.4 is 4.90 Å². The fraction of sp³-hybridized carbons (Fsp3) is 0.200. The predicted octanol–water partition coefficient (Wildman–Crippen LogP) is 2.00. The van der Waals surface area contributed by atoms with Gasteiger partial charge in [0.05, 0.1) is 0 Å². The smallest absolute Gasteiger partial charge is 0.323 e. The molecule has 0 amide bonds. The zero-order chi connectivity index (χ0) is 11.7. The van der Waals surface area contributed by atoms with Crippen LogP contribution in [0, 0.1) is 0 Å². The van der Waals surface area contributed by atoms with Gasteiger partial charge in [-0.25, -0.2) is 0 Å². The number of halogens is 1. The number of hydrogen-bond donors (Lipinski definition) is 1. The van der Waals surface area contributed by atoms with E-state index in [9.17, 15) is 4.79 Å². The molecule has 1 aromatic carbocycles. The molecule has 84 valence electrons. The molecule has 0 aliphatic heterocycles. The van der Waals surface area contributed by atoms with Crippen molar-refractivity contribution in [2.24, 2.45) is 0 Å². The number of likely N-dealkylation sites (N-methyl/N-ethyl adjacent to an activating group) is 1. The van der Waals surface area contributed by atoms with Crippen LogP contribution in [0.3, 0.4) is 0 Å². The van der Waals surface area contributed by atoms with Gasteiger partial charge >= 0.3 is 5.97 Å². The van der Waals surface area contributed by atoms with E-state index in [1.165, 1.54) is 4.90 Å². The van der Waals surface area contributed by atoms with E-state index in [1.54, 1.807) is 25.2 Å². The minimum absolute atomic E-state index is 0.166. The molecular formula is C10H9ClN2O3. The Morgan fingerprint density at radius 3 is 3.06 bits per heavy atom. The lowest BCUT2D eigenvalue weighted by Gasteiger charge is -2.09. The van der Waals surface area contributed by atoms with Crippen LogP contribution in [0.5, 0.6) is 0 Å². The first-order chi connectivity index (χ1) is 7.56. The van der Waals surface area contributed by atoms with Gasteiger partial charge in [0.1, 0.15) is 12.1 Å². The number of rotatable bonds is 3. The number of carbonyl (C=O) groups is 1. The van der Waals surface area contributed by atoms with Gasteiger partial charge in [-0.05, 0) is 12.1 Å². The number of carboxylic acid groups (broad SMARTS) is 1. The van der Waals surface area contributed by atoms with Crippen molar-refractivity contribution >= 4 is 34.7 Å². The largest absolute Gasteiger partial charge is 0.480 e. The molecule has 1 N–H and O–H groups in total. The van der Waals surface area contributed by atoms with Crippen molar-refractivity contribution in [1.82, 2.24) is 4.98 Å². The van der Waals surface area contributed by atoms with Gasteiger partial charge in [-0.3, -0.25) is 4.79 Å². The first kappa shape index (κ1) is 10.8. The first-order valence-electron chi connectivity index (χ1n) is 4.55. The van der Waals surface area contributed by atoms with Gasteiger partial charge in [0.15, 0.2) is 5.58 Å². The van der Waals surface area contributed by atoms with E-state index in [2.05, 4.69) is 4.98 Å². The molecule has 0 saturated carbocycles. The van der Waals surface area contributed by atoms with Crippen molar-refractivity contribution in [1.29, 1.82) is 0 Å². The zero-order valence-corrected chi connectivity index (χ0v) is 9.23. The summed E-state index contributed by atoms with van der Waals surface area (Å²) in [5.74, 6) is -0.942. The number of fused-ring (bicyclic) bond motifs is 1. The minimum atomic E-state index is -0.942. The van der Waals surface area contributed by atoms with Gasteiger partial charge in [-0.1, -0.05) is 11.6 Å². The quantitative estimate of drug-likeness (QED) is 0.889. The Labute approximate surface area is 96.2 Å². The molecule has 0 radical (unpaired) electrons. The van der Waals surface area contributed by atoms with E-state index >= 15 is 0 Å². The van der Waals surface area contributed by atoms with Crippen molar-refractivity contribution in [3.8, 4) is 0 Å². The molecule has 0 aliphatic rings. The summed E-state index contributed by atoms with van der Waals surface area (Å²) in [6.07, 6.45) is 0. The Hall–Kier alpha value is -1.75. The standard InChI is InChI=1S/C10H9ClN2O3/c1-13(5-9(14)15)10-12-7-3-2-6(11)4-8(7)16-10/h2-4H,5H2,1H3,(H,14,15). The zero-order valence-electron chi connectivity index (χ0n) is 8.48. The summed E-state index contributed by atoms with van der Waals surface area (Å²) in [4.78, 5) is 16.1. The molecule has 0 atom stereocenters. The fourth-order valence-corrected chi connectivity index (χ4v) is 1.48. The van der Waals surface area contributed by atoms with Crippen LogP contribution in [0.1, 0.15) is 0 Å². The second-order valence-electron chi connectivity index (χ2n) is 3.36. The summed E-state index contributed by atoms with van der Waals surface area (Å²) in [6.45, 7) is -0.166. The third kappa shape index (κ3) is 2.09. The maximum absolute atomic E-state index is 10.5. The van der Waals surface area contributed by atoms with Crippen LogP contribution in [0.25, 0.3) is 11.1 Å². The SMILES string of the molecule is CN(CC(=O)O)c1nc2ccc(Cl)cc2o1. The highest BCUT2D eigenvalue weighted by atomic mass is 35.5. The lowest BCUT2D eigenvalue weighted by atomic mass is 10.3. The molecule has 1 heterocycles.